The predicted molar refractivity (Wildman–Crippen MR) is 54.8 cm³/mol. The largest absolute Gasteiger partial charge is 0.389 e. The third kappa shape index (κ3) is 4.41. The van der Waals surface area contributed by atoms with Gasteiger partial charge in [0, 0.05) is 17.5 Å². The Bertz CT molecular complexity index is 222. The normalized spacial score (nSPS) is 30.8. The minimum atomic E-state index is -4.01. The molecule has 4 heteroatoms. The second-order valence-corrected chi connectivity index (χ2v) is 5.54. The van der Waals surface area contributed by atoms with Gasteiger partial charge in [-0.3, -0.25) is 0 Å². The molecule has 0 bridgehead atoms. The van der Waals surface area contributed by atoms with E-state index >= 15 is 0 Å². The van der Waals surface area contributed by atoms with Gasteiger partial charge < -0.3 is 5.32 Å². The zero-order valence-electron chi connectivity index (χ0n) is 9.67. The Morgan fingerprint density at radius 3 is 2.13 bits per heavy atom. The van der Waals surface area contributed by atoms with E-state index in [4.69, 9.17) is 0 Å². The number of rotatable bonds is 3. The molecule has 1 rings (SSSR count). The molecular weight excluding hydrogens is 203 g/mol. The Morgan fingerprint density at radius 1 is 1.13 bits per heavy atom. The molecule has 90 valence electrons. The van der Waals surface area contributed by atoms with Crippen molar-refractivity contribution in [2.45, 2.75) is 70.1 Å². The van der Waals surface area contributed by atoms with Crippen molar-refractivity contribution in [1.29, 1.82) is 0 Å². The van der Waals surface area contributed by atoms with E-state index in [1.807, 2.05) is 6.92 Å². The molecule has 1 aliphatic rings. The SMILES string of the molecule is CC1(C)CCC(C)(CCCC(F)(F)F)N1. The van der Waals surface area contributed by atoms with Crippen LogP contribution in [0.15, 0.2) is 0 Å². The van der Waals surface area contributed by atoms with Crippen molar-refractivity contribution in [2.24, 2.45) is 0 Å². The van der Waals surface area contributed by atoms with E-state index < -0.39 is 12.6 Å². The summed E-state index contributed by atoms with van der Waals surface area (Å²) in [4.78, 5) is 0. The van der Waals surface area contributed by atoms with Crippen LogP contribution in [0.4, 0.5) is 13.2 Å². The Labute approximate surface area is 89.4 Å². The first-order valence-corrected chi connectivity index (χ1v) is 5.48. The standard InChI is InChI=1S/C11H20F3N/c1-9(2)7-8-10(3,15-9)5-4-6-11(12,13)14/h15H,4-8H2,1-3H3. The summed E-state index contributed by atoms with van der Waals surface area (Å²) in [5, 5.41) is 3.43. The van der Waals surface area contributed by atoms with Crippen LogP contribution in [0.25, 0.3) is 0 Å². The molecule has 1 N–H and O–H groups in total. The van der Waals surface area contributed by atoms with E-state index in [1.54, 1.807) is 0 Å². The minimum absolute atomic E-state index is 0.0764. The first kappa shape index (κ1) is 12.8. The lowest BCUT2D eigenvalue weighted by Gasteiger charge is -2.29. The summed E-state index contributed by atoms with van der Waals surface area (Å²) in [6, 6.07) is 0. The van der Waals surface area contributed by atoms with E-state index in [0.717, 1.165) is 12.8 Å². The smallest absolute Gasteiger partial charge is 0.307 e. The summed E-state index contributed by atoms with van der Waals surface area (Å²) in [6.45, 7) is 6.22. The molecule has 1 nitrogen and oxygen atoms in total. The molecule has 1 unspecified atom stereocenters. The van der Waals surface area contributed by atoms with Crippen LogP contribution >= 0.6 is 0 Å². The van der Waals surface area contributed by atoms with Gasteiger partial charge in [0.1, 0.15) is 0 Å². The number of nitrogens with one attached hydrogen (secondary N) is 1. The van der Waals surface area contributed by atoms with Gasteiger partial charge in [0.25, 0.3) is 0 Å². The maximum atomic E-state index is 12.0. The van der Waals surface area contributed by atoms with Crippen molar-refractivity contribution in [3.05, 3.63) is 0 Å². The molecule has 0 saturated carbocycles. The molecule has 0 aliphatic carbocycles. The fourth-order valence-corrected chi connectivity index (χ4v) is 2.40. The Hall–Kier alpha value is -0.250. The van der Waals surface area contributed by atoms with Crippen LogP contribution in [0, 0.1) is 0 Å². The molecule has 0 amide bonds. The molecule has 1 heterocycles. The van der Waals surface area contributed by atoms with E-state index in [0.29, 0.717) is 6.42 Å². The second-order valence-electron chi connectivity index (χ2n) is 5.54. The number of halogens is 3. The van der Waals surface area contributed by atoms with Gasteiger partial charge in [-0.25, -0.2) is 0 Å². The zero-order chi connectivity index (χ0) is 11.7. The lowest BCUT2D eigenvalue weighted by atomic mass is 9.93. The van der Waals surface area contributed by atoms with Crippen molar-refractivity contribution in [2.75, 3.05) is 0 Å². The predicted octanol–water partition coefficient (Wildman–Crippen LogP) is 3.64. The molecule has 1 fully saturated rings. The second kappa shape index (κ2) is 3.96. The molecule has 1 saturated heterocycles. The van der Waals surface area contributed by atoms with Gasteiger partial charge in [-0.05, 0) is 46.5 Å². The van der Waals surface area contributed by atoms with Crippen LogP contribution in [0.2, 0.25) is 0 Å². The highest BCUT2D eigenvalue weighted by molar-refractivity contribution is 4.99. The van der Waals surface area contributed by atoms with Gasteiger partial charge >= 0.3 is 6.18 Å². The van der Waals surface area contributed by atoms with E-state index in [1.165, 1.54) is 0 Å². The summed E-state index contributed by atoms with van der Waals surface area (Å²) in [5.41, 5.74) is -0.0261. The summed E-state index contributed by atoms with van der Waals surface area (Å²) >= 11 is 0. The third-order valence-corrected chi connectivity index (χ3v) is 3.13. The summed E-state index contributed by atoms with van der Waals surface area (Å²) in [6.07, 6.45) is -1.83. The number of hydrogen-bond acceptors (Lipinski definition) is 1. The van der Waals surface area contributed by atoms with Crippen molar-refractivity contribution in [1.82, 2.24) is 5.32 Å². The first-order valence-electron chi connectivity index (χ1n) is 5.48. The van der Waals surface area contributed by atoms with Gasteiger partial charge in [0.15, 0.2) is 0 Å². The highest BCUT2D eigenvalue weighted by Gasteiger charge is 2.39. The first-order chi connectivity index (χ1) is 6.62. The highest BCUT2D eigenvalue weighted by atomic mass is 19.4. The summed E-state index contributed by atoms with van der Waals surface area (Å²) in [7, 11) is 0. The van der Waals surface area contributed by atoms with Gasteiger partial charge in [0.05, 0.1) is 0 Å². The van der Waals surface area contributed by atoms with E-state index in [2.05, 4.69) is 19.2 Å². The molecular formula is C11H20F3N. The Balaban J connectivity index is 2.33. The summed E-state index contributed by atoms with van der Waals surface area (Å²) in [5.74, 6) is 0. The molecule has 1 atom stereocenters. The van der Waals surface area contributed by atoms with Gasteiger partial charge in [-0.15, -0.1) is 0 Å². The molecule has 0 aromatic heterocycles. The highest BCUT2D eigenvalue weighted by Crippen LogP contribution is 2.34. The average Bonchev–Trinajstić information content (AvgIpc) is 2.23. The molecule has 0 radical (unpaired) electrons. The molecule has 15 heavy (non-hydrogen) atoms. The maximum Gasteiger partial charge on any atom is 0.389 e. The molecule has 0 aromatic rings. The Kier molecular flexibility index (Phi) is 3.39. The maximum absolute atomic E-state index is 12.0. The van der Waals surface area contributed by atoms with Crippen LogP contribution in [-0.4, -0.2) is 17.3 Å². The van der Waals surface area contributed by atoms with Gasteiger partial charge in [-0.1, -0.05) is 0 Å². The topological polar surface area (TPSA) is 12.0 Å². The Morgan fingerprint density at radius 2 is 1.73 bits per heavy atom. The third-order valence-electron chi connectivity index (χ3n) is 3.13. The quantitative estimate of drug-likeness (QED) is 0.770. The van der Waals surface area contributed by atoms with Gasteiger partial charge in [-0.2, -0.15) is 13.2 Å². The monoisotopic (exact) mass is 223 g/mol. The van der Waals surface area contributed by atoms with Crippen LogP contribution in [0.5, 0.6) is 0 Å². The van der Waals surface area contributed by atoms with E-state index in [-0.39, 0.29) is 17.5 Å². The fraction of sp³-hybridized carbons (Fsp3) is 1.00. The van der Waals surface area contributed by atoms with Crippen molar-refractivity contribution in [3.63, 3.8) is 0 Å². The van der Waals surface area contributed by atoms with Crippen LogP contribution in [-0.2, 0) is 0 Å². The lowest BCUT2D eigenvalue weighted by Crippen LogP contribution is -2.45. The van der Waals surface area contributed by atoms with Crippen LogP contribution in [0.3, 0.4) is 0 Å². The molecule has 0 spiro atoms. The van der Waals surface area contributed by atoms with Crippen molar-refractivity contribution < 1.29 is 13.2 Å². The zero-order valence-corrected chi connectivity index (χ0v) is 9.67. The number of hydrogen-bond donors (Lipinski definition) is 1. The average molecular weight is 223 g/mol. The fourth-order valence-electron chi connectivity index (χ4n) is 2.40. The molecule has 1 aliphatic heterocycles. The lowest BCUT2D eigenvalue weighted by molar-refractivity contribution is -0.136. The van der Waals surface area contributed by atoms with E-state index in [9.17, 15) is 13.2 Å². The summed E-state index contributed by atoms with van der Waals surface area (Å²) < 4.78 is 36.0. The van der Waals surface area contributed by atoms with Crippen LogP contribution in [0.1, 0.15) is 52.9 Å². The minimum Gasteiger partial charge on any atom is -0.307 e. The van der Waals surface area contributed by atoms with Crippen molar-refractivity contribution >= 4 is 0 Å². The van der Waals surface area contributed by atoms with Crippen LogP contribution < -0.4 is 5.32 Å². The number of alkyl halides is 3. The molecule has 0 aromatic carbocycles. The van der Waals surface area contributed by atoms with Gasteiger partial charge in [0.2, 0.25) is 0 Å². The van der Waals surface area contributed by atoms with Crippen molar-refractivity contribution in [3.8, 4) is 0 Å².